The van der Waals surface area contributed by atoms with Crippen LogP contribution in [0.5, 0.6) is 0 Å². The van der Waals surface area contributed by atoms with Gasteiger partial charge in [0.25, 0.3) is 5.91 Å². The van der Waals surface area contributed by atoms with Gasteiger partial charge in [0.1, 0.15) is 5.82 Å². The summed E-state index contributed by atoms with van der Waals surface area (Å²) in [5.74, 6) is -1.01. The van der Waals surface area contributed by atoms with Crippen molar-refractivity contribution in [3.63, 3.8) is 0 Å². The van der Waals surface area contributed by atoms with Crippen molar-refractivity contribution >= 4 is 22.5 Å². The lowest BCUT2D eigenvalue weighted by atomic mass is 10.1. The molecule has 0 saturated heterocycles. The molecule has 4 heteroatoms. The number of carbonyl (C=O) groups is 1. The summed E-state index contributed by atoms with van der Waals surface area (Å²) in [6, 6.07) is 15.2. The lowest BCUT2D eigenvalue weighted by Crippen LogP contribution is -2.14. The van der Waals surface area contributed by atoms with E-state index in [1.54, 1.807) is 18.2 Å². The highest BCUT2D eigenvalue weighted by molar-refractivity contribution is 6.08. The Morgan fingerprint density at radius 3 is 2.62 bits per heavy atom. The predicted octanol–water partition coefficient (Wildman–Crippen LogP) is 3.93. The zero-order chi connectivity index (χ0) is 14.8. The Labute approximate surface area is 121 Å². The number of hydrogen-bond acceptors (Lipinski definition) is 2. The number of pyridine rings is 1. The van der Waals surface area contributed by atoms with Crippen LogP contribution in [0, 0.1) is 12.7 Å². The molecule has 0 fully saturated rings. The summed E-state index contributed by atoms with van der Waals surface area (Å²) in [4.78, 5) is 16.6. The Morgan fingerprint density at radius 1 is 1.10 bits per heavy atom. The van der Waals surface area contributed by atoms with Gasteiger partial charge in [0.2, 0.25) is 0 Å². The zero-order valence-corrected chi connectivity index (χ0v) is 11.4. The minimum absolute atomic E-state index is 0.0241. The molecule has 0 radical (unpaired) electrons. The second-order valence-corrected chi connectivity index (χ2v) is 4.76. The van der Waals surface area contributed by atoms with Crippen LogP contribution in [0.15, 0.2) is 54.6 Å². The predicted molar refractivity (Wildman–Crippen MR) is 80.8 cm³/mol. The van der Waals surface area contributed by atoms with Crippen LogP contribution < -0.4 is 5.32 Å². The highest BCUT2D eigenvalue weighted by atomic mass is 19.1. The molecule has 0 unspecified atom stereocenters. The Kier molecular flexibility index (Phi) is 3.36. The number of nitrogens with zero attached hydrogens (tertiary/aromatic N) is 1. The number of aromatic nitrogens is 1. The van der Waals surface area contributed by atoms with E-state index in [0.717, 1.165) is 16.6 Å². The third kappa shape index (κ3) is 2.60. The highest BCUT2D eigenvalue weighted by Gasteiger charge is 2.13. The third-order valence-electron chi connectivity index (χ3n) is 3.21. The maximum atomic E-state index is 13.7. The molecule has 0 aliphatic carbocycles. The number of amides is 1. The summed E-state index contributed by atoms with van der Waals surface area (Å²) in [6.45, 7) is 1.85. The average Bonchev–Trinajstić information content (AvgIpc) is 2.47. The fraction of sp³-hybridized carbons (Fsp3) is 0.0588. The van der Waals surface area contributed by atoms with Gasteiger partial charge in [0.05, 0.1) is 16.8 Å². The van der Waals surface area contributed by atoms with Gasteiger partial charge in [-0.1, -0.05) is 30.3 Å². The number of anilines is 1. The summed E-state index contributed by atoms with van der Waals surface area (Å²) in [6.07, 6.45) is 0. The highest BCUT2D eigenvalue weighted by Crippen LogP contribution is 2.23. The van der Waals surface area contributed by atoms with Gasteiger partial charge < -0.3 is 5.32 Å². The minimum atomic E-state index is -0.537. The Balaban J connectivity index is 2.02. The number of aryl methyl sites for hydroxylation is 1. The van der Waals surface area contributed by atoms with Gasteiger partial charge in [-0.25, -0.2) is 4.39 Å². The number of hydrogen-bond donors (Lipinski definition) is 1. The normalized spacial score (nSPS) is 10.6. The SMILES string of the molecule is Cc1cc(NC(=O)c2ccccc2F)c2ccccc2n1. The maximum Gasteiger partial charge on any atom is 0.258 e. The van der Waals surface area contributed by atoms with Gasteiger partial charge in [0, 0.05) is 11.1 Å². The molecule has 104 valence electrons. The average molecular weight is 280 g/mol. The van der Waals surface area contributed by atoms with Crippen molar-refractivity contribution < 1.29 is 9.18 Å². The first-order valence-corrected chi connectivity index (χ1v) is 6.57. The Hall–Kier alpha value is -2.75. The number of para-hydroxylation sites is 1. The van der Waals surface area contributed by atoms with E-state index < -0.39 is 11.7 Å². The summed E-state index contributed by atoms with van der Waals surface area (Å²) in [5, 5.41) is 3.59. The van der Waals surface area contributed by atoms with Crippen LogP contribution >= 0.6 is 0 Å². The van der Waals surface area contributed by atoms with Gasteiger partial charge in [0.15, 0.2) is 0 Å². The van der Waals surface area contributed by atoms with Crippen LogP contribution in [0.4, 0.5) is 10.1 Å². The fourth-order valence-corrected chi connectivity index (χ4v) is 2.25. The van der Waals surface area contributed by atoms with Crippen molar-refractivity contribution in [1.29, 1.82) is 0 Å². The van der Waals surface area contributed by atoms with Crippen LogP contribution in [-0.4, -0.2) is 10.9 Å². The quantitative estimate of drug-likeness (QED) is 0.772. The summed E-state index contributed by atoms with van der Waals surface area (Å²) >= 11 is 0. The van der Waals surface area contributed by atoms with Crippen LogP contribution in [0.1, 0.15) is 16.1 Å². The minimum Gasteiger partial charge on any atom is -0.321 e. The van der Waals surface area contributed by atoms with Crippen molar-refractivity contribution in [2.75, 3.05) is 5.32 Å². The molecule has 3 rings (SSSR count). The van der Waals surface area contributed by atoms with Crippen molar-refractivity contribution in [3.05, 3.63) is 71.7 Å². The maximum absolute atomic E-state index is 13.7. The molecule has 0 saturated carbocycles. The molecule has 3 aromatic rings. The number of benzene rings is 2. The molecule has 1 N–H and O–H groups in total. The lowest BCUT2D eigenvalue weighted by molar-refractivity contribution is 0.102. The van der Waals surface area contributed by atoms with Crippen molar-refractivity contribution in [2.45, 2.75) is 6.92 Å². The molecular weight excluding hydrogens is 267 g/mol. The first-order valence-electron chi connectivity index (χ1n) is 6.57. The molecular formula is C17H13FN2O. The van der Waals surface area contributed by atoms with E-state index in [2.05, 4.69) is 10.3 Å². The molecule has 0 spiro atoms. The van der Waals surface area contributed by atoms with E-state index in [0.29, 0.717) is 5.69 Å². The fourth-order valence-electron chi connectivity index (χ4n) is 2.25. The van der Waals surface area contributed by atoms with E-state index in [9.17, 15) is 9.18 Å². The number of fused-ring (bicyclic) bond motifs is 1. The Bertz CT molecular complexity index is 830. The zero-order valence-electron chi connectivity index (χ0n) is 11.4. The topological polar surface area (TPSA) is 42.0 Å². The third-order valence-corrected chi connectivity index (χ3v) is 3.21. The summed E-state index contributed by atoms with van der Waals surface area (Å²) < 4.78 is 13.7. The standard InChI is InChI=1S/C17H13FN2O/c1-11-10-16(13-7-3-5-9-15(13)19-11)20-17(21)12-6-2-4-8-14(12)18/h2-10H,1H3,(H,19,20,21). The summed E-state index contributed by atoms with van der Waals surface area (Å²) in [7, 11) is 0. The molecule has 1 amide bonds. The molecule has 0 aliphatic rings. The van der Waals surface area contributed by atoms with Crippen molar-refractivity contribution in [3.8, 4) is 0 Å². The first-order chi connectivity index (χ1) is 10.1. The van der Waals surface area contributed by atoms with Crippen LogP contribution in [0.3, 0.4) is 0 Å². The molecule has 0 atom stereocenters. The van der Waals surface area contributed by atoms with Gasteiger partial charge in [-0.3, -0.25) is 9.78 Å². The largest absolute Gasteiger partial charge is 0.321 e. The van der Waals surface area contributed by atoms with Gasteiger partial charge >= 0.3 is 0 Å². The van der Waals surface area contributed by atoms with E-state index in [1.807, 2.05) is 31.2 Å². The number of rotatable bonds is 2. The van der Waals surface area contributed by atoms with Gasteiger partial charge in [-0.15, -0.1) is 0 Å². The van der Waals surface area contributed by atoms with Crippen LogP contribution in [0.25, 0.3) is 10.9 Å². The van der Waals surface area contributed by atoms with E-state index in [1.165, 1.54) is 12.1 Å². The second-order valence-electron chi connectivity index (χ2n) is 4.76. The van der Waals surface area contributed by atoms with Crippen LogP contribution in [-0.2, 0) is 0 Å². The molecule has 1 heterocycles. The number of halogens is 1. The van der Waals surface area contributed by atoms with Crippen molar-refractivity contribution in [2.24, 2.45) is 0 Å². The monoisotopic (exact) mass is 280 g/mol. The molecule has 21 heavy (non-hydrogen) atoms. The van der Waals surface area contributed by atoms with Crippen molar-refractivity contribution in [1.82, 2.24) is 4.98 Å². The lowest BCUT2D eigenvalue weighted by Gasteiger charge is -2.10. The molecule has 1 aromatic heterocycles. The van der Waals surface area contributed by atoms with E-state index >= 15 is 0 Å². The van der Waals surface area contributed by atoms with E-state index in [-0.39, 0.29) is 5.56 Å². The second kappa shape index (κ2) is 5.32. The van der Waals surface area contributed by atoms with E-state index in [4.69, 9.17) is 0 Å². The first kappa shape index (κ1) is 13.2. The van der Waals surface area contributed by atoms with Gasteiger partial charge in [-0.05, 0) is 31.2 Å². The Morgan fingerprint density at radius 2 is 1.81 bits per heavy atom. The van der Waals surface area contributed by atoms with Crippen LogP contribution in [0.2, 0.25) is 0 Å². The number of nitrogens with one attached hydrogen (secondary N) is 1. The number of carbonyl (C=O) groups excluding carboxylic acids is 1. The molecule has 3 nitrogen and oxygen atoms in total. The molecule has 2 aromatic carbocycles. The summed E-state index contributed by atoms with van der Waals surface area (Å²) in [5.41, 5.74) is 2.24. The van der Waals surface area contributed by atoms with Gasteiger partial charge in [-0.2, -0.15) is 0 Å². The molecule has 0 bridgehead atoms. The molecule has 0 aliphatic heterocycles. The smallest absolute Gasteiger partial charge is 0.258 e.